The smallest absolute Gasteiger partial charge is 0.554 e. The van der Waals surface area contributed by atoms with Crippen LogP contribution in [0.15, 0.2) is 65.7 Å². The van der Waals surface area contributed by atoms with E-state index in [4.69, 9.17) is 21.3 Å². The van der Waals surface area contributed by atoms with Gasteiger partial charge in [-0.3, -0.25) is 10.7 Å². The Morgan fingerprint density at radius 1 is 1.15 bits per heavy atom. The fraction of sp³-hybridized carbons (Fsp3) is 0.278. The van der Waals surface area contributed by atoms with Crippen LogP contribution in [0.4, 0.5) is 11.5 Å². The number of hydrogen-bond donors (Lipinski definition) is 2. The standard InChI is InChI=1S/C36H34ClN7O3.Mn/c1-21-25(6-5-9-28(21)41-34-32-24(12-14-39-34)18-40-43(2)36(32)46)26-7-4-8-27(33(26)37)29-16-23-10-11-30(31(23)35(42-29)47-3)44-15-13-22(19-44)17-38-20-45;/h4-9,12,14,16,18,30H,10-11,13,15,17,19H2,1-3H3,(H,38,45)(H,39,41);/q-2;+2. The summed E-state index contributed by atoms with van der Waals surface area (Å²) in [5.41, 5.74) is 7.33. The third-order valence-corrected chi connectivity index (χ3v) is 9.77. The van der Waals surface area contributed by atoms with Gasteiger partial charge in [-0.2, -0.15) is 17.9 Å². The maximum absolute atomic E-state index is 12.9. The predicted molar refractivity (Wildman–Crippen MR) is 184 cm³/mol. The van der Waals surface area contributed by atoms with Gasteiger partial charge in [-0.1, -0.05) is 41.9 Å². The van der Waals surface area contributed by atoms with E-state index >= 15 is 0 Å². The van der Waals surface area contributed by atoms with Crippen molar-refractivity contribution in [2.24, 2.45) is 7.05 Å². The molecule has 3 aromatic heterocycles. The third-order valence-electron chi connectivity index (χ3n) is 9.37. The molecule has 2 aliphatic rings. The summed E-state index contributed by atoms with van der Waals surface area (Å²) in [6.07, 6.45) is 7.97. The number of aryl methyl sites for hydroxylation is 2. The molecule has 1 fully saturated rings. The van der Waals surface area contributed by atoms with Crippen molar-refractivity contribution in [3.63, 3.8) is 0 Å². The van der Waals surface area contributed by atoms with E-state index in [1.165, 1.54) is 16.2 Å². The van der Waals surface area contributed by atoms with Crippen molar-refractivity contribution in [2.75, 3.05) is 32.1 Å². The Hall–Kier alpha value is -4.28. The predicted octanol–water partition coefficient (Wildman–Crippen LogP) is 5.69. The molecular formula is C36H34ClMnN7O3. The fourth-order valence-corrected chi connectivity index (χ4v) is 7.28. The Kier molecular flexibility index (Phi) is 9.85. The number of nitrogens with zero attached hydrogens (tertiary/aromatic N) is 5. The molecule has 1 unspecified atom stereocenters. The number of carbonyl (C=O) groups excluding carboxylic acids is 1. The maximum Gasteiger partial charge on any atom is 2.00 e. The number of anilines is 2. The van der Waals surface area contributed by atoms with Gasteiger partial charge in [-0.05, 0) is 61.2 Å². The van der Waals surface area contributed by atoms with Crippen molar-refractivity contribution in [3.8, 4) is 28.3 Å². The minimum atomic E-state index is -0.222. The number of fused-ring (bicyclic) bond motifs is 2. The molecule has 12 heteroatoms. The first kappa shape index (κ1) is 33.6. The molecule has 5 aromatic rings. The molecule has 0 bridgehead atoms. The molecule has 2 N–H and O–H groups in total. The molecule has 10 nitrogen and oxygen atoms in total. The van der Waals surface area contributed by atoms with E-state index in [9.17, 15) is 9.59 Å². The van der Waals surface area contributed by atoms with Gasteiger partial charge in [0.05, 0.1) is 29.4 Å². The number of rotatable bonds is 9. The van der Waals surface area contributed by atoms with Gasteiger partial charge >= 0.3 is 17.1 Å². The van der Waals surface area contributed by atoms with Crippen LogP contribution in [0.25, 0.3) is 33.2 Å². The van der Waals surface area contributed by atoms with Crippen molar-refractivity contribution < 1.29 is 26.6 Å². The number of benzene rings is 2. The first-order valence-corrected chi connectivity index (χ1v) is 16.0. The van der Waals surface area contributed by atoms with Gasteiger partial charge < -0.3 is 25.1 Å². The van der Waals surface area contributed by atoms with Crippen LogP contribution in [0.2, 0.25) is 5.02 Å². The van der Waals surface area contributed by atoms with Gasteiger partial charge in [0.25, 0.3) is 5.56 Å². The first-order valence-electron chi connectivity index (χ1n) is 15.6. The Morgan fingerprint density at radius 3 is 2.75 bits per heavy atom. The fourth-order valence-electron chi connectivity index (χ4n) is 6.95. The molecule has 0 spiro atoms. The van der Waals surface area contributed by atoms with Crippen molar-refractivity contribution in [2.45, 2.75) is 32.2 Å². The summed E-state index contributed by atoms with van der Waals surface area (Å²) in [4.78, 5) is 35.6. The zero-order chi connectivity index (χ0) is 32.7. The Labute approximate surface area is 294 Å². The SMILES string of the molecule is COc1nc(-c2cccc(-c3cccc(Nc4nccc5cnn(C)c(=O)c45)c3C)c2Cl)cc2c1C(N1CC[C-](CN[C-]=O)C1)CC2.[Mn+2]. The van der Waals surface area contributed by atoms with Crippen LogP contribution in [0.1, 0.15) is 35.6 Å². The zero-order valence-corrected chi connectivity index (χ0v) is 28.7. The van der Waals surface area contributed by atoms with E-state index in [0.717, 1.165) is 71.6 Å². The molecule has 1 amide bonds. The molecule has 2 aromatic carbocycles. The second-order valence-corrected chi connectivity index (χ2v) is 12.4. The summed E-state index contributed by atoms with van der Waals surface area (Å²) in [6.45, 7) is 4.38. The largest absolute Gasteiger partial charge is 2.00 e. The Bertz CT molecular complexity index is 2070. The molecule has 4 heterocycles. The van der Waals surface area contributed by atoms with Crippen LogP contribution >= 0.6 is 11.6 Å². The second-order valence-electron chi connectivity index (χ2n) is 12.0. The van der Waals surface area contributed by atoms with E-state index < -0.39 is 0 Å². The molecule has 7 rings (SSSR count). The number of amides is 1. The molecular weight excluding hydrogens is 669 g/mol. The van der Waals surface area contributed by atoms with Gasteiger partial charge in [0, 0.05) is 47.1 Å². The van der Waals surface area contributed by atoms with Gasteiger partial charge in [0.2, 0.25) is 5.88 Å². The minimum Gasteiger partial charge on any atom is -0.554 e. The second kappa shape index (κ2) is 14.1. The molecule has 0 saturated carbocycles. The molecule has 1 atom stereocenters. The molecule has 1 saturated heterocycles. The quantitative estimate of drug-likeness (QED) is 0.114. The zero-order valence-electron chi connectivity index (χ0n) is 26.8. The average molecular weight is 703 g/mol. The summed E-state index contributed by atoms with van der Waals surface area (Å²) in [5.74, 6) is 2.40. The van der Waals surface area contributed by atoms with E-state index in [-0.39, 0.29) is 28.7 Å². The summed E-state index contributed by atoms with van der Waals surface area (Å²) >= 11 is 7.21. The monoisotopic (exact) mass is 702 g/mol. The Balaban J connectivity index is 0.00000401. The number of hydrogen-bond acceptors (Lipinski definition) is 8. The van der Waals surface area contributed by atoms with E-state index in [1.54, 1.807) is 39.0 Å². The van der Waals surface area contributed by atoms with E-state index in [2.05, 4.69) is 31.7 Å². The minimum absolute atomic E-state index is 0. The van der Waals surface area contributed by atoms with Crippen molar-refractivity contribution in [1.82, 2.24) is 30.0 Å². The van der Waals surface area contributed by atoms with Crippen LogP contribution in [0.3, 0.4) is 0 Å². The number of pyridine rings is 2. The van der Waals surface area contributed by atoms with Crippen molar-refractivity contribution >= 4 is 40.3 Å². The van der Waals surface area contributed by atoms with Crippen LogP contribution < -0.4 is 20.9 Å². The van der Waals surface area contributed by atoms with E-state index in [1.807, 2.05) is 43.3 Å². The Morgan fingerprint density at radius 2 is 1.94 bits per heavy atom. The number of halogens is 1. The first-order chi connectivity index (χ1) is 22.9. The van der Waals surface area contributed by atoms with Gasteiger partial charge in [0.1, 0.15) is 5.82 Å². The van der Waals surface area contributed by atoms with Crippen LogP contribution in [0.5, 0.6) is 5.88 Å². The summed E-state index contributed by atoms with van der Waals surface area (Å²) < 4.78 is 7.21. The average Bonchev–Trinajstić information content (AvgIpc) is 3.73. The summed E-state index contributed by atoms with van der Waals surface area (Å²) in [5, 5.41) is 12.0. The van der Waals surface area contributed by atoms with Crippen molar-refractivity contribution in [1.29, 1.82) is 0 Å². The van der Waals surface area contributed by atoms with Gasteiger partial charge in [0.15, 0.2) is 0 Å². The molecule has 1 radical (unpaired) electrons. The van der Waals surface area contributed by atoms with Gasteiger partial charge in [-0.25, -0.2) is 14.6 Å². The number of nitrogens with one attached hydrogen (secondary N) is 2. The third kappa shape index (κ3) is 6.07. The molecule has 245 valence electrons. The molecule has 1 aliphatic heterocycles. The summed E-state index contributed by atoms with van der Waals surface area (Å²) in [7, 11) is 3.30. The van der Waals surface area contributed by atoms with Crippen LogP contribution in [-0.2, 0) is 35.3 Å². The number of aromatic nitrogens is 4. The van der Waals surface area contributed by atoms with Crippen molar-refractivity contribution in [3.05, 3.63) is 98.9 Å². The summed E-state index contributed by atoms with van der Waals surface area (Å²) in [6, 6.07) is 16.1. The number of likely N-dealkylation sites (tertiary alicyclic amines) is 1. The topological polar surface area (TPSA) is 114 Å². The molecule has 48 heavy (non-hydrogen) atoms. The normalized spacial score (nSPS) is 16.0. The maximum atomic E-state index is 12.9. The van der Waals surface area contributed by atoms with Crippen LogP contribution in [-0.4, -0.2) is 57.8 Å². The number of methoxy groups -OCH3 is 1. The van der Waals surface area contributed by atoms with Crippen LogP contribution in [0, 0.1) is 12.8 Å². The van der Waals surface area contributed by atoms with Gasteiger partial charge in [-0.15, -0.1) is 13.1 Å². The molecule has 1 aliphatic carbocycles. The van der Waals surface area contributed by atoms with E-state index in [0.29, 0.717) is 34.0 Å². The number of ether oxygens (including phenoxy) is 1.